The highest BCUT2D eigenvalue weighted by molar-refractivity contribution is 5.91. The molecular weight excluding hydrogens is 324 g/mol. The lowest BCUT2D eigenvalue weighted by atomic mass is 9.93. The number of hydrogen-bond donors (Lipinski definition) is 1. The minimum absolute atomic E-state index is 0.0314. The molecule has 0 unspecified atom stereocenters. The number of imidazole rings is 1. The number of anilines is 1. The van der Waals surface area contributed by atoms with Gasteiger partial charge < -0.3 is 14.8 Å². The molecular formula is C21H30N4O. The van der Waals surface area contributed by atoms with Gasteiger partial charge in [-0.15, -0.1) is 0 Å². The van der Waals surface area contributed by atoms with Crippen LogP contribution in [0, 0.1) is 33.6 Å². The summed E-state index contributed by atoms with van der Waals surface area (Å²) < 4.78 is 2.21. The summed E-state index contributed by atoms with van der Waals surface area (Å²) in [6.45, 7) is 10.9. The maximum absolute atomic E-state index is 12.7. The lowest BCUT2D eigenvalue weighted by molar-refractivity contribution is 0.178. The molecule has 0 radical (unpaired) electrons. The predicted octanol–water partition coefficient (Wildman–Crippen LogP) is 4.45. The summed E-state index contributed by atoms with van der Waals surface area (Å²) in [5.41, 5.74) is 4.44. The summed E-state index contributed by atoms with van der Waals surface area (Å²) >= 11 is 0. The number of hydrogen-bond acceptors (Lipinski definition) is 2. The van der Waals surface area contributed by atoms with E-state index >= 15 is 0 Å². The fraction of sp³-hybridized carbons (Fsp3) is 0.524. The van der Waals surface area contributed by atoms with Crippen LogP contribution in [0.5, 0.6) is 0 Å². The van der Waals surface area contributed by atoms with Crippen LogP contribution in [-0.2, 0) is 6.54 Å². The van der Waals surface area contributed by atoms with E-state index < -0.39 is 0 Å². The summed E-state index contributed by atoms with van der Waals surface area (Å²) in [6, 6.07) is 4.27. The Bertz CT molecular complexity index is 749. The number of benzene rings is 1. The zero-order valence-corrected chi connectivity index (χ0v) is 16.4. The average Bonchev–Trinajstić information content (AvgIpc) is 3.01. The lowest BCUT2D eigenvalue weighted by Gasteiger charge is -2.32. The van der Waals surface area contributed by atoms with E-state index in [4.69, 9.17) is 0 Å². The Labute approximate surface area is 156 Å². The van der Waals surface area contributed by atoms with Gasteiger partial charge in [0.1, 0.15) is 5.82 Å². The number of urea groups is 1. The number of nitrogens with one attached hydrogen (secondary N) is 1. The maximum atomic E-state index is 12.7. The van der Waals surface area contributed by atoms with E-state index in [1.54, 1.807) is 0 Å². The second-order valence-corrected chi connectivity index (χ2v) is 7.59. The number of piperidine rings is 1. The van der Waals surface area contributed by atoms with Crippen LogP contribution in [0.4, 0.5) is 10.5 Å². The molecule has 140 valence electrons. The predicted molar refractivity (Wildman–Crippen MR) is 106 cm³/mol. The summed E-state index contributed by atoms with van der Waals surface area (Å²) in [5, 5.41) is 3.13. The van der Waals surface area contributed by atoms with Crippen molar-refractivity contribution in [2.45, 2.75) is 53.5 Å². The number of aryl methyl sites for hydroxylation is 5. The number of aromatic nitrogens is 2. The van der Waals surface area contributed by atoms with Gasteiger partial charge in [0.15, 0.2) is 0 Å². The Hall–Kier alpha value is -2.30. The third-order valence-corrected chi connectivity index (χ3v) is 5.51. The van der Waals surface area contributed by atoms with Gasteiger partial charge in [-0.2, -0.15) is 0 Å². The van der Waals surface area contributed by atoms with Crippen molar-refractivity contribution in [3.05, 3.63) is 47.0 Å². The number of carbonyl (C=O) groups excluding carboxylic acids is 1. The monoisotopic (exact) mass is 354 g/mol. The minimum Gasteiger partial charge on any atom is -0.335 e. The van der Waals surface area contributed by atoms with Crippen LogP contribution in [0.1, 0.15) is 41.8 Å². The zero-order valence-electron chi connectivity index (χ0n) is 16.4. The third-order valence-electron chi connectivity index (χ3n) is 5.51. The highest BCUT2D eigenvalue weighted by Crippen LogP contribution is 2.25. The highest BCUT2D eigenvalue weighted by atomic mass is 16.2. The number of carbonyl (C=O) groups is 1. The first-order chi connectivity index (χ1) is 12.4. The van der Waals surface area contributed by atoms with Crippen LogP contribution in [0.15, 0.2) is 24.5 Å². The highest BCUT2D eigenvalue weighted by Gasteiger charge is 2.23. The molecule has 1 fully saturated rings. The maximum Gasteiger partial charge on any atom is 0.321 e. The van der Waals surface area contributed by atoms with E-state index in [-0.39, 0.29) is 6.03 Å². The molecule has 5 heteroatoms. The van der Waals surface area contributed by atoms with Crippen molar-refractivity contribution in [3.63, 3.8) is 0 Å². The smallest absolute Gasteiger partial charge is 0.321 e. The first-order valence-electron chi connectivity index (χ1n) is 9.55. The van der Waals surface area contributed by atoms with Crippen molar-refractivity contribution in [1.29, 1.82) is 0 Å². The lowest BCUT2D eigenvalue weighted by Crippen LogP contribution is -2.41. The second-order valence-electron chi connectivity index (χ2n) is 7.59. The van der Waals surface area contributed by atoms with Gasteiger partial charge in [-0.3, -0.25) is 0 Å². The molecule has 2 heterocycles. The van der Waals surface area contributed by atoms with E-state index in [9.17, 15) is 4.79 Å². The number of rotatable bonds is 4. The Morgan fingerprint density at radius 2 is 1.81 bits per heavy atom. The molecule has 26 heavy (non-hydrogen) atoms. The quantitative estimate of drug-likeness (QED) is 0.882. The van der Waals surface area contributed by atoms with E-state index in [0.29, 0.717) is 5.92 Å². The zero-order chi connectivity index (χ0) is 18.7. The molecule has 3 rings (SSSR count). The molecule has 2 amide bonds. The molecule has 0 aliphatic carbocycles. The van der Waals surface area contributed by atoms with Crippen LogP contribution < -0.4 is 5.32 Å². The molecule has 1 saturated heterocycles. The molecule has 0 spiro atoms. The summed E-state index contributed by atoms with van der Waals surface area (Å²) in [4.78, 5) is 18.9. The van der Waals surface area contributed by atoms with Crippen LogP contribution in [0.25, 0.3) is 0 Å². The molecule has 0 atom stereocenters. The molecule has 1 aliphatic rings. The van der Waals surface area contributed by atoms with Gasteiger partial charge in [0.2, 0.25) is 0 Å². The third kappa shape index (κ3) is 4.26. The van der Waals surface area contributed by atoms with Gasteiger partial charge in [-0.1, -0.05) is 17.7 Å². The number of nitrogens with zero attached hydrogens (tertiary/aromatic N) is 3. The van der Waals surface area contributed by atoms with Crippen molar-refractivity contribution in [2.75, 3.05) is 18.4 Å². The first-order valence-corrected chi connectivity index (χ1v) is 9.55. The van der Waals surface area contributed by atoms with Crippen molar-refractivity contribution in [2.24, 2.45) is 5.92 Å². The van der Waals surface area contributed by atoms with Gasteiger partial charge >= 0.3 is 6.03 Å². The van der Waals surface area contributed by atoms with Crippen LogP contribution in [0.3, 0.4) is 0 Å². The number of amides is 2. The Morgan fingerprint density at radius 1 is 1.15 bits per heavy atom. The average molecular weight is 354 g/mol. The van der Waals surface area contributed by atoms with Crippen molar-refractivity contribution in [1.82, 2.24) is 14.5 Å². The standard InChI is InChI=1S/C21H30N4O/c1-15-13-16(2)20(17(3)14-15)23-21(26)25-10-6-19(7-11-25)5-9-24-12-8-22-18(24)4/h8,12-14,19H,5-7,9-11H2,1-4H3,(H,23,26). The second kappa shape index (κ2) is 7.94. The van der Waals surface area contributed by atoms with Crippen LogP contribution >= 0.6 is 0 Å². The SMILES string of the molecule is Cc1cc(C)c(NC(=O)N2CCC(CCn3ccnc3C)CC2)c(C)c1. The largest absolute Gasteiger partial charge is 0.335 e. The molecule has 2 aromatic rings. The van der Waals surface area contributed by atoms with E-state index in [1.165, 1.54) is 5.56 Å². The summed E-state index contributed by atoms with van der Waals surface area (Å²) in [7, 11) is 0. The Balaban J connectivity index is 1.50. The van der Waals surface area contributed by atoms with Crippen molar-refractivity contribution < 1.29 is 4.79 Å². The molecule has 1 N–H and O–H groups in total. The van der Waals surface area contributed by atoms with Gasteiger partial charge in [-0.25, -0.2) is 9.78 Å². The van der Waals surface area contributed by atoms with Gasteiger partial charge in [-0.05, 0) is 64.0 Å². The Morgan fingerprint density at radius 3 is 2.38 bits per heavy atom. The molecule has 0 saturated carbocycles. The van der Waals surface area contributed by atoms with Gasteiger partial charge in [0.05, 0.1) is 0 Å². The van der Waals surface area contributed by atoms with E-state index in [0.717, 1.165) is 61.5 Å². The fourth-order valence-corrected chi connectivity index (χ4v) is 3.95. The van der Waals surface area contributed by atoms with Crippen LogP contribution in [-0.4, -0.2) is 33.6 Å². The number of likely N-dealkylation sites (tertiary alicyclic amines) is 1. The topological polar surface area (TPSA) is 50.2 Å². The molecule has 1 aromatic carbocycles. The summed E-state index contributed by atoms with van der Waals surface area (Å²) in [5.74, 6) is 1.76. The molecule has 5 nitrogen and oxygen atoms in total. The molecule has 0 bridgehead atoms. The Kier molecular flexibility index (Phi) is 5.64. The fourth-order valence-electron chi connectivity index (χ4n) is 3.95. The van der Waals surface area contributed by atoms with E-state index in [2.05, 4.69) is 47.8 Å². The van der Waals surface area contributed by atoms with Gasteiger partial charge in [0.25, 0.3) is 0 Å². The van der Waals surface area contributed by atoms with Crippen molar-refractivity contribution in [3.8, 4) is 0 Å². The minimum atomic E-state index is 0.0314. The van der Waals surface area contributed by atoms with Crippen molar-refractivity contribution >= 4 is 11.7 Å². The molecule has 1 aromatic heterocycles. The normalized spacial score (nSPS) is 15.3. The summed E-state index contributed by atoms with van der Waals surface area (Å²) in [6.07, 6.45) is 7.21. The van der Waals surface area contributed by atoms with E-state index in [1.807, 2.05) is 24.2 Å². The van der Waals surface area contributed by atoms with Gasteiger partial charge in [0, 0.05) is 37.7 Å². The van der Waals surface area contributed by atoms with Crippen LogP contribution in [0.2, 0.25) is 0 Å². The molecule has 1 aliphatic heterocycles. The first kappa shape index (κ1) is 18.5.